The van der Waals surface area contributed by atoms with Gasteiger partial charge in [-0.2, -0.15) is 5.10 Å². The van der Waals surface area contributed by atoms with E-state index in [1.54, 1.807) is 24.3 Å². The van der Waals surface area contributed by atoms with Crippen LogP contribution >= 0.6 is 11.6 Å². The Labute approximate surface area is 187 Å². The summed E-state index contributed by atoms with van der Waals surface area (Å²) in [7, 11) is 1.34. The fourth-order valence-corrected chi connectivity index (χ4v) is 3.51. The number of alkyl halides is 2. The van der Waals surface area contributed by atoms with Crippen molar-refractivity contribution in [2.75, 3.05) is 0 Å². The highest BCUT2D eigenvalue weighted by molar-refractivity contribution is 6.30. The van der Waals surface area contributed by atoms with Gasteiger partial charge in [0.15, 0.2) is 0 Å². The molecular formula is C23H18ClF2N3O3. The van der Waals surface area contributed by atoms with E-state index in [-0.39, 0.29) is 23.2 Å². The van der Waals surface area contributed by atoms with Crippen LogP contribution in [0.1, 0.15) is 55.7 Å². The van der Waals surface area contributed by atoms with Crippen LogP contribution in [0.3, 0.4) is 0 Å². The summed E-state index contributed by atoms with van der Waals surface area (Å²) in [6.07, 6.45) is 2.71. The van der Waals surface area contributed by atoms with Crippen LogP contribution in [0.15, 0.2) is 48.5 Å². The standard InChI is InChI=1S/C23H18ClF2N3O3/c1-3-17(14-7-9-15(10-8-14)23(31)32)27-22(30)19-18(28-29(2)20(19)21(25)26)12-13-5-4-6-16(24)11-13/h1,4-11,17,21H,12H2,2H3,(H,27,30)(H,31,32). The minimum atomic E-state index is -2.94. The first-order chi connectivity index (χ1) is 15.2. The van der Waals surface area contributed by atoms with E-state index in [9.17, 15) is 18.4 Å². The third-order valence-corrected chi connectivity index (χ3v) is 5.03. The van der Waals surface area contributed by atoms with Gasteiger partial charge in [-0.25, -0.2) is 13.6 Å². The molecule has 2 N–H and O–H groups in total. The van der Waals surface area contributed by atoms with Crippen LogP contribution in [0, 0.1) is 12.3 Å². The number of aromatic nitrogens is 2. The van der Waals surface area contributed by atoms with Gasteiger partial charge in [0.1, 0.15) is 11.7 Å². The summed E-state index contributed by atoms with van der Waals surface area (Å²) >= 11 is 6.00. The second kappa shape index (κ2) is 9.62. The van der Waals surface area contributed by atoms with E-state index in [1.165, 1.54) is 31.3 Å². The molecule has 0 aliphatic rings. The maximum atomic E-state index is 13.8. The zero-order valence-corrected chi connectivity index (χ0v) is 17.6. The Morgan fingerprint density at radius 2 is 1.94 bits per heavy atom. The van der Waals surface area contributed by atoms with Gasteiger partial charge in [-0.1, -0.05) is 41.8 Å². The van der Waals surface area contributed by atoms with E-state index in [1.807, 2.05) is 0 Å². The van der Waals surface area contributed by atoms with E-state index in [2.05, 4.69) is 16.3 Å². The van der Waals surface area contributed by atoms with Gasteiger partial charge < -0.3 is 10.4 Å². The minimum absolute atomic E-state index is 0.0481. The van der Waals surface area contributed by atoms with Gasteiger partial charge in [0.25, 0.3) is 12.3 Å². The maximum Gasteiger partial charge on any atom is 0.335 e. The van der Waals surface area contributed by atoms with Crippen LogP contribution in [-0.4, -0.2) is 26.8 Å². The number of carbonyl (C=O) groups excluding carboxylic acids is 1. The number of nitrogens with zero attached hydrogens (tertiary/aromatic N) is 2. The fourth-order valence-electron chi connectivity index (χ4n) is 3.30. The number of carbonyl (C=O) groups is 2. The zero-order chi connectivity index (χ0) is 23.4. The number of carboxylic acid groups (broad SMARTS) is 1. The van der Waals surface area contributed by atoms with Crippen LogP contribution in [-0.2, 0) is 13.5 Å². The summed E-state index contributed by atoms with van der Waals surface area (Å²) in [6.45, 7) is 0. The van der Waals surface area contributed by atoms with Crippen LogP contribution in [0.2, 0.25) is 5.02 Å². The van der Waals surface area contributed by atoms with Gasteiger partial charge in [0, 0.05) is 18.5 Å². The SMILES string of the molecule is C#CC(NC(=O)c1c(Cc2cccc(Cl)c2)nn(C)c1C(F)F)c1ccc(C(=O)O)cc1. The lowest BCUT2D eigenvalue weighted by Crippen LogP contribution is -2.29. The molecule has 0 saturated carbocycles. The molecule has 1 unspecified atom stereocenters. The third kappa shape index (κ3) is 4.95. The van der Waals surface area contributed by atoms with E-state index in [4.69, 9.17) is 23.1 Å². The second-order valence-corrected chi connectivity index (χ2v) is 7.37. The Bertz CT molecular complexity index is 1200. The summed E-state index contributed by atoms with van der Waals surface area (Å²) in [5.41, 5.74) is 0.542. The predicted octanol–water partition coefficient (Wildman–Crippen LogP) is 4.40. The Balaban J connectivity index is 1.94. The molecule has 0 aliphatic carbocycles. The molecule has 2 aromatic carbocycles. The summed E-state index contributed by atoms with van der Waals surface area (Å²) in [6, 6.07) is 11.4. The van der Waals surface area contributed by atoms with Crippen molar-refractivity contribution in [3.63, 3.8) is 0 Å². The lowest BCUT2D eigenvalue weighted by molar-refractivity contribution is 0.0696. The molecule has 0 bridgehead atoms. The Morgan fingerprint density at radius 3 is 2.50 bits per heavy atom. The average Bonchev–Trinajstić information content (AvgIpc) is 3.07. The number of rotatable bonds is 7. The van der Waals surface area contributed by atoms with E-state index < -0.39 is 30.0 Å². The first kappa shape index (κ1) is 23.0. The Hall–Kier alpha value is -3.70. The molecule has 164 valence electrons. The number of hydrogen-bond acceptors (Lipinski definition) is 3. The highest BCUT2D eigenvalue weighted by Gasteiger charge is 2.29. The van der Waals surface area contributed by atoms with Crippen molar-refractivity contribution in [3.05, 3.63) is 87.2 Å². The molecule has 1 heterocycles. The highest BCUT2D eigenvalue weighted by atomic mass is 35.5. The minimum Gasteiger partial charge on any atom is -0.478 e. The molecule has 6 nitrogen and oxygen atoms in total. The molecule has 32 heavy (non-hydrogen) atoms. The number of benzene rings is 2. The van der Waals surface area contributed by atoms with E-state index >= 15 is 0 Å². The predicted molar refractivity (Wildman–Crippen MR) is 115 cm³/mol. The van der Waals surface area contributed by atoms with Gasteiger partial charge in [-0.3, -0.25) is 9.48 Å². The summed E-state index contributed by atoms with van der Waals surface area (Å²) < 4.78 is 28.5. The van der Waals surface area contributed by atoms with Gasteiger partial charge in [-0.15, -0.1) is 6.42 Å². The van der Waals surface area contributed by atoms with Crippen LogP contribution in [0.5, 0.6) is 0 Å². The van der Waals surface area contributed by atoms with Gasteiger partial charge in [0.2, 0.25) is 0 Å². The molecule has 1 atom stereocenters. The Kier molecular flexibility index (Phi) is 6.91. The number of amides is 1. The molecule has 0 aliphatic heterocycles. The van der Waals surface area contributed by atoms with Gasteiger partial charge in [-0.05, 0) is 35.4 Å². The van der Waals surface area contributed by atoms with Crippen LogP contribution < -0.4 is 5.32 Å². The fraction of sp³-hybridized carbons (Fsp3) is 0.174. The first-order valence-corrected chi connectivity index (χ1v) is 9.77. The third-order valence-electron chi connectivity index (χ3n) is 4.79. The van der Waals surface area contributed by atoms with Crippen molar-refractivity contribution >= 4 is 23.5 Å². The molecule has 3 aromatic rings. The molecule has 1 aromatic heterocycles. The quantitative estimate of drug-likeness (QED) is 0.515. The number of halogens is 3. The molecule has 1 amide bonds. The van der Waals surface area contributed by atoms with Crippen LogP contribution in [0.25, 0.3) is 0 Å². The lowest BCUT2D eigenvalue weighted by Gasteiger charge is -2.15. The number of aryl methyl sites for hydroxylation is 1. The maximum absolute atomic E-state index is 13.8. The average molecular weight is 458 g/mol. The Morgan fingerprint density at radius 1 is 1.25 bits per heavy atom. The highest BCUT2D eigenvalue weighted by Crippen LogP contribution is 2.28. The van der Waals surface area contributed by atoms with Crippen molar-refractivity contribution < 1.29 is 23.5 Å². The number of terminal acetylenes is 1. The number of aromatic carboxylic acids is 1. The van der Waals surface area contributed by atoms with E-state index in [0.717, 1.165) is 4.68 Å². The zero-order valence-electron chi connectivity index (χ0n) is 16.8. The second-order valence-electron chi connectivity index (χ2n) is 6.94. The topological polar surface area (TPSA) is 84.2 Å². The van der Waals surface area contributed by atoms with Crippen molar-refractivity contribution in [1.82, 2.24) is 15.1 Å². The van der Waals surface area contributed by atoms with Crippen molar-refractivity contribution in [3.8, 4) is 12.3 Å². The summed E-state index contributed by atoms with van der Waals surface area (Å²) in [5.74, 6) is 0.468. The van der Waals surface area contributed by atoms with Gasteiger partial charge in [0.05, 0.1) is 16.8 Å². The summed E-state index contributed by atoms with van der Waals surface area (Å²) in [4.78, 5) is 24.1. The molecule has 0 fully saturated rings. The molecule has 0 radical (unpaired) electrons. The van der Waals surface area contributed by atoms with Crippen molar-refractivity contribution in [2.45, 2.75) is 18.9 Å². The van der Waals surface area contributed by atoms with Crippen molar-refractivity contribution in [1.29, 1.82) is 0 Å². The lowest BCUT2D eigenvalue weighted by atomic mass is 10.0. The normalized spacial score (nSPS) is 11.8. The van der Waals surface area contributed by atoms with E-state index in [0.29, 0.717) is 16.1 Å². The molecular weight excluding hydrogens is 440 g/mol. The number of nitrogens with one attached hydrogen (secondary N) is 1. The number of carboxylic acids is 1. The number of hydrogen-bond donors (Lipinski definition) is 2. The monoisotopic (exact) mass is 457 g/mol. The molecule has 0 saturated heterocycles. The molecule has 0 spiro atoms. The molecule has 3 rings (SSSR count). The first-order valence-electron chi connectivity index (χ1n) is 9.39. The van der Waals surface area contributed by atoms with Crippen molar-refractivity contribution in [2.24, 2.45) is 7.05 Å². The van der Waals surface area contributed by atoms with Crippen LogP contribution in [0.4, 0.5) is 8.78 Å². The summed E-state index contributed by atoms with van der Waals surface area (Å²) in [5, 5.41) is 16.2. The largest absolute Gasteiger partial charge is 0.478 e. The van der Waals surface area contributed by atoms with Gasteiger partial charge >= 0.3 is 5.97 Å². The molecule has 9 heteroatoms. The smallest absolute Gasteiger partial charge is 0.335 e.